The summed E-state index contributed by atoms with van der Waals surface area (Å²) in [5.41, 5.74) is 1.73. The lowest BCUT2D eigenvalue weighted by Gasteiger charge is -2.33. The molecule has 2 aromatic carbocycles. The minimum atomic E-state index is -0.228. The third-order valence-corrected chi connectivity index (χ3v) is 5.49. The highest BCUT2D eigenvalue weighted by atomic mass is 32.1. The van der Waals surface area contributed by atoms with Crippen LogP contribution in [0.5, 0.6) is 11.5 Å². The second-order valence-electron chi connectivity index (χ2n) is 7.08. The van der Waals surface area contributed by atoms with Crippen molar-refractivity contribution in [2.75, 3.05) is 39.5 Å². The van der Waals surface area contributed by atoms with Gasteiger partial charge in [-0.2, -0.15) is 0 Å². The summed E-state index contributed by atoms with van der Waals surface area (Å²) in [4.78, 5) is 16.1. The Hall–Kier alpha value is -2.90. The van der Waals surface area contributed by atoms with Crippen LogP contribution in [0.15, 0.2) is 54.6 Å². The first-order chi connectivity index (χ1) is 14.2. The van der Waals surface area contributed by atoms with Crippen molar-refractivity contribution >= 4 is 29.3 Å². The van der Waals surface area contributed by atoms with Crippen molar-refractivity contribution in [3.8, 4) is 11.5 Å². The predicted molar refractivity (Wildman–Crippen MR) is 115 cm³/mol. The summed E-state index contributed by atoms with van der Waals surface area (Å²) >= 11 is 5.45. The van der Waals surface area contributed by atoms with E-state index in [9.17, 15) is 4.79 Å². The van der Waals surface area contributed by atoms with Crippen LogP contribution in [0.2, 0.25) is 0 Å². The Kier molecular flexibility index (Phi) is 6.07. The van der Waals surface area contributed by atoms with E-state index < -0.39 is 0 Å². The van der Waals surface area contributed by atoms with Crippen molar-refractivity contribution in [2.45, 2.75) is 0 Å². The number of hydrogen-bond donors (Lipinski definition) is 2. The van der Waals surface area contributed by atoms with Gasteiger partial charge in [-0.05, 0) is 42.1 Å². The maximum Gasteiger partial charge on any atom is 0.257 e. The van der Waals surface area contributed by atoms with Crippen molar-refractivity contribution in [1.29, 1.82) is 0 Å². The first-order valence-corrected chi connectivity index (χ1v) is 10.1. The number of ether oxygens (including phenoxy) is 2. The number of nitrogens with one attached hydrogen (secondary N) is 2. The molecule has 1 saturated heterocycles. The maximum absolute atomic E-state index is 12.5. The number of fused-ring (bicyclic) bond motifs is 1. The van der Waals surface area contributed by atoms with E-state index in [0.717, 1.165) is 32.7 Å². The lowest BCUT2D eigenvalue weighted by atomic mass is 10.2. The zero-order chi connectivity index (χ0) is 20.1. The number of rotatable bonds is 4. The Morgan fingerprint density at radius 1 is 1.10 bits per heavy atom. The van der Waals surface area contributed by atoms with E-state index in [0.29, 0.717) is 22.2 Å². The van der Waals surface area contributed by atoms with Crippen LogP contribution in [0.3, 0.4) is 0 Å². The van der Waals surface area contributed by atoms with Gasteiger partial charge >= 0.3 is 0 Å². The molecule has 0 unspecified atom stereocenters. The van der Waals surface area contributed by atoms with Crippen LogP contribution in [0.25, 0.3) is 6.08 Å². The highest BCUT2D eigenvalue weighted by Crippen LogP contribution is 2.32. The molecule has 0 spiro atoms. The molecular formula is C22H24N3O3S+. The van der Waals surface area contributed by atoms with Crippen LogP contribution in [0, 0.1) is 0 Å². The molecule has 2 aliphatic rings. The lowest BCUT2D eigenvalue weighted by molar-refractivity contribution is -0.897. The molecule has 1 amide bonds. The molecule has 0 radical (unpaired) electrons. The maximum atomic E-state index is 12.5. The number of amides is 1. The van der Waals surface area contributed by atoms with Crippen LogP contribution >= 0.6 is 12.2 Å². The Morgan fingerprint density at radius 2 is 1.86 bits per heavy atom. The van der Waals surface area contributed by atoms with Gasteiger partial charge in [-0.1, -0.05) is 36.4 Å². The molecule has 2 aliphatic heterocycles. The zero-order valence-corrected chi connectivity index (χ0v) is 16.9. The summed E-state index contributed by atoms with van der Waals surface area (Å²) in [5.74, 6) is 1.02. The van der Waals surface area contributed by atoms with Gasteiger partial charge in [0.2, 0.25) is 6.79 Å². The number of thiocarbonyl (C=S) groups is 1. The topological polar surface area (TPSA) is 55.2 Å². The smallest absolute Gasteiger partial charge is 0.257 e. The van der Waals surface area contributed by atoms with Gasteiger partial charge in [-0.25, -0.2) is 0 Å². The molecule has 1 fully saturated rings. The van der Waals surface area contributed by atoms with Crippen LogP contribution in [-0.2, 0) is 0 Å². The number of carbonyl (C=O) groups is 1. The third-order valence-electron chi connectivity index (χ3n) is 5.13. The number of quaternary nitrogens is 1. The lowest BCUT2D eigenvalue weighted by Crippen LogP contribution is -3.14. The SMILES string of the molecule is O=C(NC(=S)N1CC[NH+](C/C=C/c2ccccc2)CC1)c1ccc2c(c1)OCO2. The molecule has 150 valence electrons. The van der Waals surface area contributed by atoms with E-state index in [1.807, 2.05) is 18.2 Å². The summed E-state index contributed by atoms with van der Waals surface area (Å²) in [6.07, 6.45) is 4.38. The summed E-state index contributed by atoms with van der Waals surface area (Å²) < 4.78 is 10.6. The second kappa shape index (κ2) is 9.07. The van der Waals surface area contributed by atoms with Crippen molar-refractivity contribution in [2.24, 2.45) is 0 Å². The highest BCUT2D eigenvalue weighted by Gasteiger charge is 2.23. The number of hydrogen-bond acceptors (Lipinski definition) is 4. The number of benzene rings is 2. The minimum Gasteiger partial charge on any atom is -0.454 e. The van der Waals surface area contributed by atoms with Crippen LogP contribution in [-0.4, -0.2) is 55.4 Å². The highest BCUT2D eigenvalue weighted by molar-refractivity contribution is 7.80. The van der Waals surface area contributed by atoms with Gasteiger partial charge in [-0.15, -0.1) is 0 Å². The average Bonchev–Trinajstić information content (AvgIpc) is 3.23. The van der Waals surface area contributed by atoms with Crippen LogP contribution < -0.4 is 19.7 Å². The average molecular weight is 411 g/mol. The van der Waals surface area contributed by atoms with E-state index in [-0.39, 0.29) is 12.7 Å². The van der Waals surface area contributed by atoms with E-state index in [1.165, 1.54) is 10.5 Å². The molecule has 0 atom stereocenters. The fourth-order valence-corrected chi connectivity index (χ4v) is 3.72. The monoisotopic (exact) mass is 410 g/mol. The molecule has 0 bridgehead atoms. The largest absolute Gasteiger partial charge is 0.454 e. The van der Waals surface area contributed by atoms with Gasteiger partial charge in [0.15, 0.2) is 16.6 Å². The Balaban J connectivity index is 1.23. The van der Waals surface area contributed by atoms with Gasteiger partial charge in [0.05, 0.1) is 32.7 Å². The number of nitrogens with zero attached hydrogens (tertiary/aromatic N) is 1. The molecule has 29 heavy (non-hydrogen) atoms. The molecule has 6 nitrogen and oxygen atoms in total. The second-order valence-corrected chi connectivity index (χ2v) is 7.47. The third kappa shape index (κ3) is 4.93. The first-order valence-electron chi connectivity index (χ1n) is 9.74. The van der Waals surface area contributed by atoms with Gasteiger partial charge in [0.1, 0.15) is 0 Å². The Bertz CT molecular complexity index is 909. The summed E-state index contributed by atoms with van der Waals surface area (Å²) in [6, 6.07) is 15.5. The number of piperazine rings is 1. The Morgan fingerprint density at radius 3 is 2.66 bits per heavy atom. The molecule has 2 aromatic rings. The van der Waals surface area contributed by atoms with Crippen molar-refractivity contribution in [3.63, 3.8) is 0 Å². The summed E-state index contributed by atoms with van der Waals surface area (Å²) in [7, 11) is 0. The zero-order valence-electron chi connectivity index (χ0n) is 16.1. The minimum absolute atomic E-state index is 0.186. The number of carbonyl (C=O) groups excluding carboxylic acids is 1. The molecule has 2 heterocycles. The normalized spacial score (nSPS) is 16.2. The molecule has 0 aliphatic carbocycles. The van der Waals surface area contributed by atoms with Crippen molar-refractivity contribution < 1.29 is 19.2 Å². The van der Waals surface area contributed by atoms with Gasteiger partial charge in [-0.3, -0.25) is 10.1 Å². The molecule has 0 aromatic heterocycles. The van der Waals surface area contributed by atoms with Gasteiger partial charge in [0, 0.05) is 5.56 Å². The Labute approximate surface area is 175 Å². The van der Waals surface area contributed by atoms with E-state index >= 15 is 0 Å². The van der Waals surface area contributed by atoms with Crippen LogP contribution in [0.4, 0.5) is 0 Å². The molecule has 0 saturated carbocycles. The van der Waals surface area contributed by atoms with E-state index in [2.05, 4.69) is 34.5 Å². The molecule has 7 heteroatoms. The molecular weight excluding hydrogens is 386 g/mol. The molecule has 2 N–H and O–H groups in total. The van der Waals surface area contributed by atoms with E-state index in [1.54, 1.807) is 18.2 Å². The van der Waals surface area contributed by atoms with E-state index in [4.69, 9.17) is 21.7 Å². The van der Waals surface area contributed by atoms with Crippen LogP contribution in [0.1, 0.15) is 15.9 Å². The van der Waals surface area contributed by atoms with Gasteiger partial charge in [0.25, 0.3) is 5.91 Å². The fraction of sp³-hybridized carbons (Fsp3) is 0.273. The summed E-state index contributed by atoms with van der Waals surface area (Å²) in [6.45, 7) is 4.80. The first kappa shape index (κ1) is 19.4. The van der Waals surface area contributed by atoms with Gasteiger partial charge < -0.3 is 19.3 Å². The standard InChI is InChI=1S/C22H23N3O3S/c26-21(18-8-9-19-20(15-18)28-16-27-19)23-22(29)25-13-11-24(12-14-25)10-4-7-17-5-2-1-3-6-17/h1-9,15H,10-14,16H2,(H,23,26,29)/p+1/b7-4+. The fourth-order valence-electron chi connectivity index (χ4n) is 3.44. The van der Waals surface area contributed by atoms with Crippen molar-refractivity contribution in [1.82, 2.24) is 10.2 Å². The quantitative estimate of drug-likeness (QED) is 0.746. The molecule has 4 rings (SSSR count). The van der Waals surface area contributed by atoms with Crippen molar-refractivity contribution in [3.05, 3.63) is 65.7 Å². The summed E-state index contributed by atoms with van der Waals surface area (Å²) in [5, 5.41) is 3.31. The predicted octanol–water partition coefficient (Wildman–Crippen LogP) is 1.34.